The third kappa shape index (κ3) is 3.97. The number of rotatable bonds is 5. The minimum atomic E-state index is -0.675. The number of hydrogen-bond donors (Lipinski definition) is 1. The number of carbonyl (C=O) groups excluding carboxylic acids is 3. The molecule has 0 aromatic heterocycles. The van der Waals surface area contributed by atoms with Crippen LogP contribution in [0.25, 0.3) is 6.08 Å². The second-order valence-electron chi connectivity index (χ2n) is 6.63. The van der Waals surface area contributed by atoms with Crippen molar-refractivity contribution < 1.29 is 23.9 Å². The van der Waals surface area contributed by atoms with Gasteiger partial charge in [-0.2, -0.15) is 0 Å². The molecule has 7 nitrogen and oxygen atoms in total. The van der Waals surface area contributed by atoms with Gasteiger partial charge in [0.2, 0.25) is 0 Å². The number of ether oxygens (including phenoxy) is 2. The van der Waals surface area contributed by atoms with Crippen LogP contribution in [0.3, 0.4) is 0 Å². The average Bonchev–Trinajstić information content (AvgIpc) is 2.66. The zero-order valence-electron chi connectivity index (χ0n) is 15.6. The fraction of sp³-hybridized carbons (Fsp3) is 0.450. The molecule has 1 aromatic rings. The molecular formula is C20H24N2O5. The highest BCUT2D eigenvalue weighted by Crippen LogP contribution is 2.30. The van der Waals surface area contributed by atoms with Gasteiger partial charge in [0, 0.05) is 6.04 Å². The van der Waals surface area contributed by atoms with Gasteiger partial charge >= 0.3 is 6.03 Å². The molecule has 2 aliphatic rings. The van der Waals surface area contributed by atoms with Crippen LogP contribution in [0.5, 0.6) is 11.5 Å². The molecule has 0 bridgehead atoms. The van der Waals surface area contributed by atoms with E-state index in [1.54, 1.807) is 25.3 Å². The predicted octanol–water partition coefficient (Wildman–Crippen LogP) is 2.89. The summed E-state index contributed by atoms with van der Waals surface area (Å²) in [6, 6.07) is 4.37. The highest BCUT2D eigenvalue weighted by molar-refractivity contribution is 6.31. The van der Waals surface area contributed by atoms with E-state index in [1.165, 1.54) is 11.0 Å². The topological polar surface area (TPSA) is 84.9 Å². The molecule has 0 atom stereocenters. The third-order valence-corrected chi connectivity index (χ3v) is 4.87. The van der Waals surface area contributed by atoms with Crippen molar-refractivity contribution in [3.8, 4) is 11.5 Å². The zero-order valence-corrected chi connectivity index (χ0v) is 15.6. The molecule has 27 heavy (non-hydrogen) atoms. The molecule has 2 fully saturated rings. The second-order valence-corrected chi connectivity index (χ2v) is 6.63. The molecule has 4 amide bonds. The number of nitrogens with zero attached hydrogens (tertiary/aromatic N) is 1. The summed E-state index contributed by atoms with van der Waals surface area (Å²) in [4.78, 5) is 38.6. The van der Waals surface area contributed by atoms with E-state index in [0.29, 0.717) is 23.7 Å². The Balaban J connectivity index is 1.91. The summed E-state index contributed by atoms with van der Waals surface area (Å²) < 4.78 is 10.8. The van der Waals surface area contributed by atoms with Crippen molar-refractivity contribution >= 4 is 23.9 Å². The minimum Gasteiger partial charge on any atom is -0.493 e. The van der Waals surface area contributed by atoms with Gasteiger partial charge in [-0.15, -0.1) is 0 Å². The highest BCUT2D eigenvalue weighted by Gasteiger charge is 2.40. The molecule has 0 spiro atoms. The van der Waals surface area contributed by atoms with Gasteiger partial charge in [0.25, 0.3) is 11.8 Å². The van der Waals surface area contributed by atoms with Gasteiger partial charge in [-0.25, -0.2) is 4.79 Å². The summed E-state index contributed by atoms with van der Waals surface area (Å²) in [5, 5.41) is 2.29. The van der Waals surface area contributed by atoms with Crippen LogP contribution in [0.1, 0.15) is 44.6 Å². The first kappa shape index (κ1) is 18.9. The number of hydrogen-bond acceptors (Lipinski definition) is 5. The van der Waals surface area contributed by atoms with Crippen molar-refractivity contribution in [2.24, 2.45) is 0 Å². The first-order valence-electron chi connectivity index (χ1n) is 9.26. The van der Waals surface area contributed by atoms with Crippen molar-refractivity contribution in [3.05, 3.63) is 29.3 Å². The van der Waals surface area contributed by atoms with Crippen molar-refractivity contribution in [3.63, 3.8) is 0 Å². The Morgan fingerprint density at radius 1 is 1.15 bits per heavy atom. The molecule has 0 unspecified atom stereocenters. The van der Waals surface area contributed by atoms with Crippen LogP contribution in [0, 0.1) is 0 Å². The number of imide groups is 2. The van der Waals surface area contributed by atoms with Gasteiger partial charge in [-0.05, 0) is 43.5 Å². The lowest BCUT2D eigenvalue weighted by atomic mass is 9.93. The van der Waals surface area contributed by atoms with Crippen molar-refractivity contribution in [2.75, 3.05) is 13.7 Å². The van der Waals surface area contributed by atoms with Crippen molar-refractivity contribution in [1.29, 1.82) is 0 Å². The van der Waals surface area contributed by atoms with Gasteiger partial charge < -0.3 is 9.47 Å². The maximum absolute atomic E-state index is 12.9. The quantitative estimate of drug-likeness (QED) is 0.635. The summed E-state index contributed by atoms with van der Waals surface area (Å²) in [5.41, 5.74) is 0.573. The van der Waals surface area contributed by atoms with E-state index in [2.05, 4.69) is 5.32 Å². The third-order valence-electron chi connectivity index (χ3n) is 4.87. The van der Waals surface area contributed by atoms with Crippen LogP contribution in [0.2, 0.25) is 0 Å². The number of benzene rings is 1. The van der Waals surface area contributed by atoms with E-state index in [-0.39, 0.29) is 11.6 Å². The Bertz CT molecular complexity index is 781. The summed E-state index contributed by atoms with van der Waals surface area (Å²) in [6.45, 7) is 2.32. The van der Waals surface area contributed by atoms with Crippen LogP contribution in [0.4, 0.5) is 4.79 Å². The van der Waals surface area contributed by atoms with E-state index >= 15 is 0 Å². The Morgan fingerprint density at radius 3 is 2.56 bits per heavy atom. The lowest BCUT2D eigenvalue weighted by Crippen LogP contribution is -2.58. The van der Waals surface area contributed by atoms with Crippen LogP contribution >= 0.6 is 0 Å². The van der Waals surface area contributed by atoms with Crippen LogP contribution < -0.4 is 14.8 Å². The molecule has 3 rings (SSSR count). The highest BCUT2D eigenvalue weighted by atomic mass is 16.5. The van der Waals surface area contributed by atoms with Gasteiger partial charge in [0.1, 0.15) is 5.57 Å². The van der Waals surface area contributed by atoms with Crippen molar-refractivity contribution in [2.45, 2.75) is 45.1 Å². The Hall–Kier alpha value is -2.83. The fourth-order valence-electron chi connectivity index (χ4n) is 3.56. The van der Waals surface area contributed by atoms with Gasteiger partial charge in [0.05, 0.1) is 13.7 Å². The molecule has 1 aliphatic carbocycles. The van der Waals surface area contributed by atoms with Crippen LogP contribution in [-0.4, -0.2) is 42.5 Å². The normalized spacial score (nSPS) is 20.0. The number of carbonyl (C=O) groups is 3. The average molecular weight is 372 g/mol. The lowest BCUT2D eigenvalue weighted by molar-refractivity contribution is -0.132. The van der Waals surface area contributed by atoms with E-state index in [4.69, 9.17) is 9.47 Å². The number of barbiturate groups is 1. The van der Waals surface area contributed by atoms with Gasteiger partial charge in [0.15, 0.2) is 11.5 Å². The molecule has 1 heterocycles. The molecule has 1 saturated heterocycles. The number of methoxy groups -OCH3 is 1. The summed E-state index contributed by atoms with van der Waals surface area (Å²) in [5.74, 6) is -0.120. The first-order chi connectivity index (χ1) is 13.0. The molecule has 1 aromatic carbocycles. The molecular weight excluding hydrogens is 348 g/mol. The molecule has 1 N–H and O–H groups in total. The standard InChI is InChI=1S/C20H24N2O5/c1-3-27-17-12-13(9-10-16(17)26-2)11-15-18(23)21-20(25)22(19(15)24)14-7-5-4-6-8-14/h9-12,14H,3-8H2,1-2H3,(H,21,23,25). The number of nitrogens with one attached hydrogen (secondary N) is 1. The zero-order chi connectivity index (χ0) is 19.4. The maximum Gasteiger partial charge on any atom is 0.331 e. The smallest absolute Gasteiger partial charge is 0.331 e. The Morgan fingerprint density at radius 2 is 1.89 bits per heavy atom. The lowest BCUT2D eigenvalue weighted by Gasteiger charge is -2.35. The Labute approximate surface area is 158 Å². The van der Waals surface area contributed by atoms with Crippen LogP contribution in [0.15, 0.2) is 23.8 Å². The maximum atomic E-state index is 12.9. The first-order valence-corrected chi connectivity index (χ1v) is 9.26. The van der Waals surface area contributed by atoms with Crippen molar-refractivity contribution in [1.82, 2.24) is 10.2 Å². The van der Waals surface area contributed by atoms with Crippen LogP contribution in [-0.2, 0) is 9.59 Å². The predicted molar refractivity (Wildman–Crippen MR) is 99.4 cm³/mol. The molecule has 1 aliphatic heterocycles. The fourth-order valence-corrected chi connectivity index (χ4v) is 3.56. The molecule has 1 saturated carbocycles. The summed E-state index contributed by atoms with van der Waals surface area (Å²) >= 11 is 0. The largest absolute Gasteiger partial charge is 0.493 e. The Kier molecular flexibility index (Phi) is 5.78. The molecule has 7 heteroatoms. The monoisotopic (exact) mass is 372 g/mol. The van der Waals surface area contributed by atoms with E-state index in [9.17, 15) is 14.4 Å². The minimum absolute atomic E-state index is 0.0483. The summed E-state index contributed by atoms with van der Waals surface area (Å²) in [7, 11) is 1.54. The van der Waals surface area contributed by atoms with E-state index in [0.717, 1.165) is 32.1 Å². The van der Waals surface area contributed by atoms with E-state index in [1.807, 2.05) is 6.92 Å². The van der Waals surface area contributed by atoms with Gasteiger partial charge in [-0.3, -0.25) is 19.8 Å². The second kappa shape index (κ2) is 8.24. The van der Waals surface area contributed by atoms with E-state index < -0.39 is 17.8 Å². The SMILES string of the molecule is CCOc1cc(C=C2C(=O)NC(=O)N(C3CCCCC3)C2=O)ccc1OC. The number of urea groups is 1. The summed E-state index contributed by atoms with van der Waals surface area (Å²) in [6.07, 6.45) is 6.10. The molecule has 0 radical (unpaired) electrons. The number of amides is 4. The van der Waals surface area contributed by atoms with Gasteiger partial charge in [-0.1, -0.05) is 25.3 Å². The molecule has 144 valence electrons.